The van der Waals surface area contributed by atoms with E-state index in [2.05, 4.69) is 60.6 Å². The summed E-state index contributed by atoms with van der Waals surface area (Å²) in [5, 5.41) is 9.34. The lowest BCUT2D eigenvalue weighted by Gasteiger charge is -2.05. The predicted octanol–water partition coefficient (Wildman–Crippen LogP) is 3.16. The van der Waals surface area contributed by atoms with E-state index in [4.69, 9.17) is 0 Å². The summed E-state index contributed by atoms with van der Waals surface area (Å²) < 4.78 is 1.95. The Kier molecular flexibility index (Phi) is 4.03. The molecule has 2 heterocycles. The lowest BCUT2D eigenvalue weighted by molar-refractivity contribution is 0.680. The van der Waals surface area contributed by atoms with Crippen LogP contribution in [0.4, 0.5) is 0 Å². The molecule has 2 aromatic heterocycles. The Morgan fingerprint density at radius 1 is 1.23 bits per heavy atom. The van der Waals surface area contributed by atoms with E-state index in [0.717, 1.165) is 25.2 Å². The molecule has 1 aromatic carbocycles. The molecule has 3 rings (SSSR count). The molecule has 0 spiro atoms. The summed E-state index contributed by atoms with van der Waals surface area (Å²) in [7, 11) is 2.00. The summed E-state index contributed by atoms with van der Waals surface area (Å²) in [6.07, 6.45) is 3.16. The van der Waals surface area contributed by atoms with Crippen LogP contribution in [0.15, 0.2) is 24.4 Å². The predicted molar refractivity (Wildman–Crippen MR) is 91.1 cm³/mol. The van der Waals surface area contributed by atoms with Crippen molar-refractivity contribution in [3.8, 4) is 0 Å². The first-order valence-electron chi connectivity index (χ1n) is 7.82. The molecule has 0 atom stereocenters. The van der Waals surface area contributed by atoms with E-state index in [9.17, 15) is 0 Å². The van der Waals surface area contributed by atoms with E-state index in [-0.39, 0.29) is 0 Å². The molecule has 0 aliphatic heterocycles. The van der Waals surface area contributed by atoms with Crippen LogP contribution in [0, 0.1) is 20.8 Å². The fourth-order valence-electron chi connectivity index (χ4n) is 3.02. The quantitative estimate of drug-likeness (QED) is 0.710. The van der Waals surface area contributed by atoms with Crippen molar-refractivity contribution in [1.29, 1.82) is 0 Å². The molecule has 0 amide bonds. The van der Waals surface area contributed by atoms with E-state index in [1.165, 1.54) is 33.3 Å². The molecule has 0 bridgehead atoms. The lowest BCUT2D eigenvalue weighted by atomic mass is 10.1. The zero-order chi connectivity index (χ0) is 15.7. The first-order chi connectivity index (χ1) is 10.6. The smallest absolute Gasteiger partial charge is 0.0641 e. The van der Waals surface area contributed by atoms with Gasteiger partial charge in [0.05, 0.1) is 5.69 Å². The molecule has 0 saturated heterocycles. The van der Waals surface area contributed by atoms with E-state index >= 15 is 0 Å². The van der Waals surface area contributed by atoms with Gasteiger partial charge in [-0.3, -0.25) is 4.68 Å². The van der Waals surface area contributed by atoms with Crippen molar-refractivity contribution in [3.05, 3.63) is 52.5 Å². The highest BCUT2D eigenvalue weighted by Crippen LogP contribution is 2.19. The summed E-state index contributed by atoms with van der Waals surface area (Å²) >= 11 is 0. The number of aromatic amines is 1. The summed E-state index contributed by atoms with van der Waals surface area (Å²) in [6.45, 7) is 8.17. The van der Waals surface area contributed by atoms with Crippen molar-refractivity contribution in [2.24, 2.45) is 7.05 Å². The molecule has 3 aromatic rings. The van der Waals surface area contributed by atoms with Crippen LogP contribution in [0.3, 0.4) is 0 Å². The Morgan fingerprint density at radius 2 is 2.05 bits per heavy atom. The van der Waals surface area contributed by atoms with Gasteiger partial charge in [-0.15, -0.1) is 0 Å². The summed E-state index contributed by atoms with van der Waals surface area (Å²) in [5.74, 6) is 0. The number of aryl methyl sites for hydroxylation is 3. The molecule has 0 unspecified atom stereocenters. The molecule has 116 valence electrons. The number of aromatic nitrogens is 3. The highest BCUT2D eigenvalue weighted by Gasteiger charge is 2.09. The van der Waals surface area contributed by atoms with Crippen LogP contribution in [-0.4, -0.2) is 21.3 Å². The van der Waals surface area contributed by atoms with Crippen molar-refractivity contribution in [3.63, 3.8) is 0 Å². The van der Waals surface area contributed by atoms with Crippen molar-refractivity contribution in [2.45, 2.75) is 33.7 Å². The van der Waals surface area contributed by atoms with Gasteiger partial charge >= 0.3 is 0 Å². The van der Waals surface area contributed by atoms with Gasteiger partial charge in [-0.25, -0.2) is 0 Å². The van der Waals surface area contributed by atoms with Gasteiger partial charge in [0.1, 0.15) is 0 Å². The SMILES string of the molecule is Cc1ccc2c(CCNCc3c(C)nn(C)c3C)c[nH]c2c1. The van der Waals surface area contributed by atoms with Gasteiger partial charge in [0.25, 0.3) is 0 Å². The van der Waals surface area contributed by atoms with E-state index in [1.807, 2.05) is 11.7 Å². The molecule has 0 fully saturated rings. The maximum Gasteiger partial charge on any atom is 0.0641 e. The second-order valence-corrected chi connectivity index (χ2v) is 6.06. The molecule has 0 aliphatic carbocycles. The van der Waals surface area contributed by atoms with Gasteiger partial charge < -0.3 is 10.3 Å². The fourth-order valence-corrected chi connectivity index (χ4v) is 3.02. The van der Waals surface area contributed by atoms with Crippen LogP contribution in [0.25, 0.3) is 10.9 Å². The van der Waals surface area contributed by atoms with E-state index in [1.54, 1.807) is 0 Å². The topological polar surface area (TPSA) is 45.6 Å². The molecule has 0 aliphatic rings. The minimum Gasteiger partial charge on any atom is -0.361 e. The maximum atomic E-state index is 4.46. The number of benzene rings is 1. The van der Waals surface area contributed by atoms with Crippen molar-refractivity contribution < 1.29 is 0 Å². The van der Waals surface area contributed by atoms with E-state index in [0.29, 0.717) is 0 Å². The minimum absolute atomic E-state index is 0.882. The molecule has 4 heteroatoms. The highest BCUT2D eigenvalue weighted by molar-refractivity contribution is 5.83. The zero-order valence-electron chi connectivity index (χ0n) is 13.8. The van der Waals surface area contributed by atoms with Gasteiger partial charge in [0.15, 0.2) is 0 Å². The van der Waals surface area contributed by atoms with Crippen LogP contribution < -0.4 is 5.32 Å². The zero-order valence-corrected chi connectivity index (χ0v) is 13.8. The highest BCUT2D eigenvalue weighted by atomic mass is 15.3. The Balaban J connectivity index is 1.61. The van der Waals surface area contributed by atoms with Crippen LogP contribution in [0.2, 0.25) is 0 Å². The largest absolute Gasteiger partial charge is 0.361 e. The fraction of sp³-hybridized carbons (Fsp3) is 0.389. The number of rotatable bonds is 5. The van der Waals surface area contributed by atoms with Gasteiger partial charge in [0, 0.05) is 41.9 Å². The average Bonchev–Trinajstić information content (AvgIpc) is 2.98. The Hall–Kier alpha value is -2.07. The summed E-state index contributed by atoms with van der Waals surface area (Å²) in [6, 6.07) is 6.59. The monoisotopic (exact) mass is 296 g/mol. The molecular formula is C18H24N4. The second kappa shape index (κ2) is 5.97. The first-order valence-corrected chi connectivity index (χ1v) is 7.82. The van der Waals surface area contributed by atoms with Crippen LogP contribution in [0.5, 0.6) is 0 Å². The van der Waals surface area contributed by atoms with Crippen LogP contribution in [0.1, 0.15) is 28.1 Å². The molecule has 2 N–H and O–H groups in total. The van der Waals surface area contributed by atoms with Gasteiger partial charge in [-0.2, -0.15) is 5.10 Å². The molecule has 0 saturated carbocycles. The lowest BCUT2D eigenvalue weighted by Crippen LogP contribution is -2.17. The third-order valence-corrected chi connectivity index (χ3v) is 4.45. The first kappa shape index (κ1) is 14.9. The van der Waals surface area contributed by atoms with Crippen LogP contribution in [-0.2, 0) is 20.0 Å². The van der Waals surface area contributed by atoms with Gasteiger partial charge in [0.2, 0.25) is 0 Å². The molecule has 22 heavy (non-hydrogen) atoms. The number of nitrogens with one attached hydrogen (secondary N) is 2. The molecule has 4 nitrogen and oxygen atoms in total. The Labute approximate surface area is 131 Å². The van der Waals surface area contributed by atoms with Gasteiger partial charge in [-0.1, -0.05) is 12.1 Å². The summed E-state index contributed by atoms with van der Waals surface area (Å²) in [5.41, 5.74) is 7.58. The average molecular weight is 296 g/mol. The molecular weight excluding hydrogens is 272 g/mol. The summed E-state index contributed by atoms with van der Waals surface area (Å²) in [4.78, 5) is 3.37. The van der Waals surface area contributed by atoms with Crippen molar-refractivity contribution >= 4 is 10.9 Å². The number of nitrogens with zero attached hydrogens (tertiary/aromatic N) is 2. The van der Waals surface area contributed by atoms with Gasteiger partial charge in [-0.05, 0) is 50.9 Å². The van der Waals surface area contributed by atoms with Crippen LogP contribution >= 0.6 is 0 Å². The Bertz CT molecular complexity index is 795. The number of H-pyrrole nitrogens is 1. The third kappa shape index (κ3) is 2.79. The van der Waals surface area contributed by atoms with Crippen molar-refractivity contribution in [1.82, 2.24) is 20.1 Å². The van der Waals surface area contributed by atoms with E-state index < -0.39 is 0 Å². The number of hydrogen-bond acceptors (Lipinski definition) is 2. The van der Waals surface area contributed by atoms with Crippen molar-refractivity contribution in [2.75, 3.05) is 6.54 Å². The Morgan fingerprint density at radius 3 is 2.77 bits per heavy atom. The number of fused-ring (bicyclic) bond motifs is 1. The third-order valence-electron chi connectivity index (χ3n) is 4.45. The minimum atomic E-state index is 0.882. The molecule has 0 radical (unpaired) electrons. The standard InChI is InChI=1S/C18H24N4/c1-12-5-6-16-15(10-20-18(16)9-12)7-8-19-11-17-13(2)21-22(4)14(17)3/h5-6,9-10,19-20H,7-8,11H2,1-4H3. The number of hydrogen-bond donors (Lipinski definition) is 2. The maximum absolute atomic E-state index is 4.46. The second-order valence-electron chi connectivity index (χ2n) is 6.06. The normalized spacial score (nSPS) is 11.5.